The molecule has 1 aromatic heterocycles. The van der Waals surface area contributed by atoms with Crippen molar-refractivity contribution in [2.24, 2.45) is 18.9 Å². The van der Waals surface area contributed by atoms with Crippen molar-refractivity contribution in [2.45, 2.75) is 39.0 Å². The zero-order chi connectivity index (χ0) is 25.9. The molecule has 2 N–H and O–H groups in total. The number of amides is 1. The minimum absolute atomic E-state index is 0.0295. The molecular formula is C30H37N5O2. The number of nitrogens with zero attached hydrogens (tertiary/aromatic N) is 4. The number of aryl methyl sites for hydroxylation is 2. The van der Waals surface area contributed by atoms with Crippen molar-refractivity contribution in [3.05, 3.63) is 77.0 Å². The lowest BCUT2D eigenvalue weighted by Crippen LogP contribution is -2.43. The van der Waals surface area contributed by atoms with Gasteiger partial charge in [0.15, 0.2) is 5.78 Å². The van der Waals surface area contributed by atoms with Crippen LogP contribution < -0.4 is 10.6 Å². The van der Waals surface area contributed by atoms with Gasteiger partial charge in [-0.25, -0.2) is 0 Å². The maximum Gasteiger partial charge on any atom is 0.259 e. The van der Waals surface area contributed by atoms with E-state index in [0.717, 1.165) is 68.8 Å². The average molecular weight is 500 g/mol. The van der Waals surface area contributed by atoms with Crippen molar-refractivity contribution in [2.75, 3.05) is 36.8 Å². The van der Waals surface area contributed by atoms with Crippen LogP contribution in [0.25, 0.3) is 0 Å². The van der Waals surface area contributed by atoms with Crippen molar-refractivity contribution in [3.8, 4) is 0 Å². The predicted octanol–water partition coefficient (Wildman–Crippen LogP) is 4.37. The van der Waals surface area contributed by atoms with E-state index in [-0.39, 0.29) is 17.6 Å². The maximum atomic E-state index is 13.8. The Bertz CT molecular complexity index is 1240. The van der Waals surface area contributed by atoms with Crippen LogP contribution in [0.5, 0.6) is 0 Å². The molecule has 5 rings (SSSR count). The van der Waals surface area contributed by atoms with Gasteiger partial charge in [-0.1, -0.05) is 37.3 Å². The van der Waals surface area contributed by atoms with E-state index in [4.69, 9.17) is 10.8 Å². The summed E-state index contributed by atoms with van der Waals surface area (Å²) >= 11 is 0. The first-order valence-corrected chi connectivity index (χ1v) is 13.4. The Kier molecular flexibility index (Phi) is 7.42. The first-order valence-electron chi connectivity index (χ1n) is 13.4. The Balaban J connectivity index is 1.31. The second kappa shape index (κ2) is 10.9. The Hall–Kier alpha value is -3.45. The highest BCUT2D eigenvalue weighted by Gasteiger charge is 2.31. The van der Waals surface area contributed by atoms with E-state index < -0.39 is 0 Å². The van der Waals surface area contributed by atoms with E-state index in [1.807, 2.05) is 47.0 Å². The van der Waals surface area contributed by atoms with Gasteiger partial charge in [0.2, 0.25) is 0 Å². The highest BCUT2D eigenvalue weighted by Crippen LogP contribution is 2.33. The first kappa shape index (κ1) is 25.2. The van der Waals surface area contributed by atoms with Gasteiger partial charge in [-0.2, -0.15) is 5.10 Å². The summed E-state index contributed by atoms with van der Waals surface area (Å²) in [5.74, 6) is 1.77. The minimum atomic E-state index is -0.0295. The molecule has 1 aliphatic heterocycles. The number of ketones is 1. The van der Waals surface area contributed by atoms with Crippen LogP contribution in [-0.4, -0.2) is 52.5 Å². The molecule has 1 amide bonds. The lowest BCUT2D eigenvalue weighted by molar-refractivity contribution is 0.0841. The van der Waals surface area contributed by atoms with E-state index in [1.165, 1.54) is 5.56 Å². The summed E-state index contributed by atoms with van der Waals surface area (Å²) < 4.78 is 1.89. The van der Waals surface area contributed by atoms with E-state index in [1.54, 1.807) is 24.3 Å². The van der Waals surface area contributed by atoms with Crippen molar-refractivity contribution in [3.63, 3.8) is 0 Å². The van der Waals surface area contributed by atoms with Gasteiger partial charge in [-0.15, -0.1) is 0 Å². The molecule has 2 aliphatic rings. The Morgan fingerprint density at radius 2 is 1.70 bits per heavy atom. The number of fused-ring (bicyclic) bond motifs is 1. The number of nitrogens with two attached hydrogens (primary N) is 1. The molecule has 0 bridgehead atoms. The van der Waals surface area contributed by atoms with Crippen LogP contribution in [0.2, 0.25) is 0 Å². The third-order valence-corrected chi connectivity index (χ3v) is 7.94. The summed E-state index contributed by atoms with van der Waals surface area (Å²) in [5.41, 5.74) is 10.3. The monoisotopic (exact) mass is 499 g/mol. The summed E-state index contributed by atoms with van der Waals surface area (Å²) in [6, 6.07) is 16.8. The molecule has 2 aromatic carbocycles. The standard InChI is InChI=1S/C30H37N5O2/c1-21-8-13-27-26(20-21)29(33(2)32-27)35(30(37)24-9-11-25(31)12-10-24)19-18-34-16-14-23(15-17-34)28(36)22-6-4-3-5-7-22/h3-7,9-12,21,23H,8,13-20,31H2,1-2H3. The van der Waals surface area contributed by atoms with Crippen LogP contribution in [0.15, 0.2) is 54.6 Å². The highest BCUT2D eigenvalue weighted by atomic mass is 16.2. The number of hydrogen-bond donors (Lipinski definition) is 1. The van der Waals surface area contributed by atoms with Gasteiger partial charge >= 0.3 is 0 Å². The van der Waals surface area contributed by atoms with Gasteiger partial charge in [-0.3, -0.25) is 19.2 Å². The Morgan fingerprint density at radius 1 is 1.00 bits per heavy atom. The second-order valence-electron chi connectivity index (χ2n) is 10.6. The molecule has 1 fully saturated rings. The quantitative estimate of drug-likeness (QED) is 0.386. The predicted molar refractivity (Wildman–Crippen MR) is 147 cm³/mol. The molecule has 0 spiro atoms. The van der Waals surface area contributed by atoms with Gasteiger partial charge < -0.3 is 10.6 Å². The number of aromatic nitrogens is 2. The fraction of sp³-hybridized carbons (Fsp3) is 0.433. The fourth-order valence-corrected chi connectivity index (χ4v) is 5.78. The molecule has 1 atom stereocenters. The molecule has 0 radical (unpaired) electrons. The smallest absolute Gasteiger partial charge is 0.259 e. The fourth-order valence-electron chi connectivity index (χ4n) is 5.78. The van der Waals surface area contributed by atoms with Crippen molar-refractivity contribution in [1.82, 2.24) is 14.7 Å². The van der Waals surface area contributed by atoms with Crippen LogP contribution in [-0.2, 0) is 19.9 Å². The molecular weight excluding hydrogens is 462 g/mol. The number of carbonyl (C=O) groups is 2. The average Bonchev–Trinajstić information content (AvgIpc) is 3.24. The van der Waals surface area contributed by atoms with E-state index in [9.17, 15) is 9.59 Å². The van der Waals surface area contributed by atoms with Crippen LogP contribution >= 0.6 is 0 Å². The molecule has 0 saturated carbocycles. The number of nitrogen functional groups attached to an aromatic ring is 1. The first-order chi connectivity index (χ1) is 17.9. The summed E-state index contributed by atoms with van der Waals surface area (Å²) in [6.45, 7) is 5.30. The number of hydrogen-bond acceptors (Lipinski definition) is 5. The highest BCUT2D eigenvalue weighted by molar-refractivity contribution is 6.06. The largest absolute Gasteiger partial charge is 0.399 e. The normalized spacial score (nSPS) is 18.4. The van der Waals surface area contributed by atoms with Crippen LogP contribution in [0.1, 0.15) is 58.2 Å². The van der Waals surface area contributed by atoms with E-state index >= 15 is 0 Å². The van der Waals surface area contributed by atoms with Crippen LogP contribution in [0.3, 0.4) is 0 Å². The lowest BCUT2D eigenvalue weighted by Gasteiger charge is -2.33. The van der Waals surface area contributed by atoms with Gasteiger partial charge in [0, 0.05) is 48.4 Å². The summed E-state index contributed by atoms with van der Waals surface area (Å²) in [4.78, 5) is 31.0. The molecule has 1 aliphatic carbocycles. The van der Waals surface area contributed by atoms with E-state index in [0.29, 0.717) is 23.7 Å². The van der Waals surface area contributed by atoms with Crippen molar-refractivity contribution < 1.29 is 9.59 Å². The summed E-state index contributed by atoms with van der Waals surface area (Å²) in [5, 5.41) is 4.80. The number of anilines is 2. The molecule has 7 nitrogen and oxygen atoms in total. The number of likely N-dealkylation sites (tertiary alicyclic amines) is 1. The number of piperidine rings is 1. The molecule has 2 heterocycles. The third kappa shape index (κ3) is 5.47. The zero-order valence-corrected chi connectivity index (χ0v) is 21.9. The molecule has 3 aromatic rings. The Morgan fingerprint density at radius 3 is 2.41 bits per heavy atom. The van der Waals surface area contributed by atoms with Crippen LogP contribution in [0.4, 0.5) is 11.5 Å². The number of Topliss-reactive ketones (excluding diaryl/α,β-unsaturated/α-hetero) is 1. The molecule has 1 saturated heterocycles. The SMILES string of the molecule is CC1CCc2nn(C)c(N(CCN3CCC(C(=O)c4ccccc4)CC3)C(=O)c3ccc(N)cc3)c2C1. The van der Waals surface area contributed by atoms with Gasteiger partial charge in [0.25, 0.3) is 5.91 Å². The minimum Gasteiger partial charge on any atom is -0.399 e. The van der Waals surface area contributed by atoms with Crippen LogP contribution in [0, 0.1) is 11.8 Å². The molecule has 7 heteroatoms. The lowest BCUT2D eigenvalue weighted by atomic mass is 9.88. The van der Waals surface area contributed by atoms with Gasteiger partial charge in [0.1, 0.15) is 5.82 Å². The number of rotatable bonds is 7. The van der Waals surface area contributed by atoms with Gasteiger partial charge in [0.05, 0.1) is 5.69 Å². The Labute approximate surface area is 219 Å². The number of benzene rings is 2. The molecule has 1 unspecified atom stereocenters. The molecule has 194 valence electrons. The van der Waals surface area contributed by atoms with Gasteiger partial charge in [-0.05, 0) is 75.4 Å². The molecule has 37 heavy (non-hydrogen) atoms. The third-order valence-electron chi connectivity index (χ3n) is 7.94. The second-order valence-corrected chi connectivity index (χ2v) is 10.6. The number of carbonyl (C=O) groups excluding carboxylic acids is 2. The summed E-state index contributed by atoms with van der Waals surface area (Å²) in [7, 11) is 1.95. The van der Waals surface area contributed by atoms with E-state index in [2.05, 4.69) is 11.8 Å². The topological polar surface area (TPSA) is 84.5 Å². The van der Waals surface area contributed by atoms with Crippen molar-refractivity contribution >= 4 is 23.2 Å². The maximum absolute atomic E-state index is 13.8. The zero-order valence-electron chi connectivity index (χ0n) is 21.9. The van der Waals surface area contributed by atoms with Crippen molar-refractivity contribution in [1.29, 1.82) is 0 Å². The summed E-state index contributed by atoms with van der Waals surface area (Å²) in [6.07, 6.45) is 4.72.